The third-order valence-corrected chi connectivity index (χ3v) is 7.80. The van der Waals surface area contributed by atoms with Crippen LogP contribution in [0.4, 0.5) is 19.3 Å². The monoisotopic (exact) mass is 521 g/mol. The molecule has 3 atom stereocenters. The van der Waals surface area contributed by atoms with Gasteiger partial charge in [-0.05, 0) is 79.5 Å². The highest BCUT2D eigenvalue weighted by Crippen LogP contribution is 2.46. The number of carbonyl (C=O) groups excluding carboxylic acids is 1. The summed E-state index contributed by atoms with van der Waals surface area (Å²) in [7, 11) is 1.65. The maximum absolute atomic E-state index is 13.5. The normalized spacial score (nSPS) is 22.4. The summed E-state index contributed by atoms with van der Waals surface area (Å²) in [6.45, 7) is 1.40. The van der Waals surface area contributed by atoms with Crippen molar-refractivity contribution in [3.63, 3.8) is 0 Å². The Hall–Kier alpha value is -3.65. The van der Waals surface area contributed by atoms with Gasteiger partial charge < -0.3 is 25.4 Å². The summed E-state index contributed by atoms with van der Waals surface area (Å²) < 4.78 is 38.3. The van der Waals surface area contributed by atoms with Crippen LogP contribution in [0.3, 0.4) is 0 Å². The van der Waals surface area contributed by atoms with Crippen LogP contribution in [-0.4, -0.2) is 31.8 Å². The van der Waals surface area contributed by atoms with Crippen molar-refractivity contribution in [1.82, 2.24) is 10.6 Å². The van der Waals surface area contributed by atoms with Gasteiger partial charge in [-0.1, -0.05) is 36.4 Å². The van der Waals surface area contributed by atoms with E-state index in [-0.39, 0.29) is 23.2 Å². The van der Waals surface area contributed by atoms with Crippen molar-refractivity contribution >= 4 is 11.7 Å². The third-order valence-electron chi connectivity index (χ3n) is 7.80. The molecule has 6 nitrogen and oxygen atoms in total. The topological polar surface area (TPSA) is 71.6 Å². The molecule has 1 saturated carbocycles. The van der Waals surface area contributed by atoms with Gasteiger partial charge in [0.25, 0.3) is 0 Å². The molecular weight excluding hydrogens is 488 g/mol. The number of methoxy groups -OCH3 is 1. The fourth-order valence-electron chi connectivity index (χ4n) is 5.83. The highest BCUT2D eigenvalue weighted by atomic mass is 19.2. The number of carbonyl (C=O) groups is 1. The highest BCUT2D eigenvalue weighted by Gasteiger charge is 2.46. The molecule has 3 aromatic carbocycles. The molecule has 0 bridgehead atoms. The first-order valence-electron chi connectivity index (χ1n) is 13.0. The van der Waals surface area contributed by atoms with Crippen LogP contribution in [0.15, 0.2) is 66.7 Å². The van der Waals surface area contributed by atoms with E-state index in [9.17, 15) is 13.6 Å². The molecule has 1 heterocycles. The lowest BCUT2D eigenvalue weighted by molar-refractivity contribution is 0.146. The van der Waals surface area contributed by atoms with Crippen molar-refractivity contribution in [2.24, 2.45) is 5.41 Å². The van der Waals surface area contributed by atoms with Gasteiger partial charge in [0.15, 0.2) is 23.1 Å². The summed E-state index contributed by atoms with van der Waals surface area (Å²) in [6, 6.07) is 19.4. The van der Waals surface area contributed by atoms with Gasteiger partial charge >= 0.3 is 6.03 Å². The van der Waals surface area contributed by atoms with Crippen molar-refractivity contribution in [2.45, 2.75) is 50.8 Å². The minimum Gasteiger partial charge on any atom is -0.493 e. The molecule has 0 spiro atoms. The zero-order valence-electron chi connectivity index (χ0n) is 21.4. The maximum atomic E-state index is 13.5. The zero-order valence-corrected chi connectivity index (χ0v) is 21.4. The molecular formula is C30H33F2N3O3. The van der Waals surface area contributed by atoms with Gasteiger partial charge in [-0.15, -0.1) is 0 Å². The standard InChI is InChI=1S/C30H33F2N3O3/c1-37-26-10-7-21(15-27(26)38-19-20-5-3-2-4-6-20)18-30-12-11-23(17-28(30)33-14-13-30)35-29(36)34-22-8-9-24(31)25(32)16-22/h2-10,15-16,23,28,33H,11-14,17-19H2,1H3,(H2,34,35,36)/t23-,28+,30-/m1/s1. The number of hydrogen-bond donors (Lipinski definition) is 3. The molecule has 1 aliphatic carbocycles. The summed E-state index contributed by atoms with van der Waals surface area (Å²) in [5, 5.41) is 9.26. The predicted molar refractivity (Wildman–Crippen MR) is 142 cm³/mol. The van der Waals surface area contributed by atoms with Crippen molar-refractivity contribution in [3.05, 3.63) is 89.5 Å². The van der Waals surface area contributed by atoms with Crippen LogP contribution < -0.4 is 25.4 Å². The smallest absolute Gasteiger partial charge is 0.319 e. The molecule has 0 unspecified atom stereocenters. The molecule has 2 aliphatic rings. The lowest BCUT2D eigenvalue weighted by Crippen LogP contribution is -2.50. The van der Waals surface area contributed by atoms with E-state index in [1.165, 1.54) is 11.6 Å². The van der Waals surface area contributed by atoms with Crippen molar-refractivity contribution in [3.8, 4) is 11.5 Å². The molecule has 2 amide bonds. The van der Waals surface area contributed by atoms with Crippen molar-refractivity contribution < 1.29 is 23.0 Å². The van der Waals surface area contributed by atoms with Crippen molar-refractivity contribution in [2.75, 3.05) is 19.0 Å². The molecule has 1 saturated heterocycles. The Morgan fingerprint density at radius 1 is 1.00 bits per heavy atom. The fourth-order valence-corrected chi connectivity index (χ4v) is 5.83. The molecule has 0 aromatic heterocycles. The van der Waals surface area contributed by atoms with Crippen molar-refractivity contribution in [1.29, 1.82) is 0 Å². The second-order valence-electron chi connectivity index (χ2n) is 10.3. The second kappa shape index (κ2) is 11.4. The quantitative estimate of drug-likeness (QED) is 0.350. The van der Waals surface area contributed by atoms with Gasteiger partial charge in [-0.25, -0.2) is 13.6 Å². The minimum absolute atomic E-state index is 0.00958. The average molecular weight is 522 g/mol. The van der Waals surface area contributed by atoms with Gasteiger partial charge in [-0.2, -0.15) is 0 Å². The molecule has 1 aliphatic heterocycles. The number of ether oxygens (including phenoxy) is 2. The molecule has 3 N–H and O–H groups in total. The zero-order chi connectivity index (χ0) is 26.5. The summed E-state index contributed by atoms with van der Waals surface area (Å²) in [4.78, 5) is 12.5. The lowest BCUT2D eigenvalue weighted by atomic mass is 9.66. The molecule has 2 fully saturated rings. The van der Waals surface area contributed by atoms with Crippen LogP contribution in [0.5, 0.6) is 11.5 Å². The molecule has 0 radical (unpaired) electrons. The van der Waals surface area contributed by atoms with Crippen LogP contribution in [0.2, 0.25) is 0 Å². The van der Waals surface area contributed by atoms with E-state index < -0.39 is 17.7 Å². The number of hydrogen-bond acceptors (Lipinski definition) is 4. The molecule has 200 valence electrons. The average Bonchev–Trinajstić information content (AvgIpc) is 3.33. The highest BCUT2D eigenvalue weighted by molar-refractivity contribution is 5.89. The Labute approximate surface area is 221 Å². The number of anilines is 1. The molecule has 8 heteroatoms. The Kier molecular flexibility index (Phi) is 7.79. The van der Waals surface area contributed by atoms with Crippen LogP contribution in [0.1, 0.15) is 36.8 Å². The Morgan fingerprint density at radius 3 is 2.63 bits per heavy atom. The van der Waals surface area contributed by atoms with Gasteiger partial charge in [0.1, 0.15) is 6.61 Å². The number of benzene rings is 3. The van der Waals surface area contributed by atoms with Crippen LogP contribution in [0.25, 0.3) is 0 Å². The van der Waals surface area contributed by atoms with E-state index in [0.29, 0.717) is 12.4 Å². The number of fused-ring (bicyclic) bond motifs is 1. The third kappa shape index (κ3) is 5.91. The molecule has 5 rings (SSSR count). The minimum atomic E-state index is -0.993. The summed E-state index contributed by atoms with van der Waals surface area (Å²) in [6.07, 6.45) is 4.59. The largest absolute Gasteiger partial charge is 0.493 e. The Balaban J connectivity index is 1.21. The predicted octanol–water partition coefficient (Wildman–Crippen LogP) is 5.82. The Bertz CT molecular complexity index is 1270. The van der Waals surface area contributed by atoms with Gasteiger partial charge in [-0.3, -0.25) is 0 Å². The lowest BCUT2D eigenvalue weighted by Gasteiger charge is -2.42. The number of urea groups is 1. The fraction of sp³-hybridized carbons (Fsp3) is 0.367. The summed E-state index contributed by atoms with van der Waals surface area (Å²) in [5.74, 6) is -0.494. The van der Waals surface area contributed by atoms with Gasteiger partial charge in [0, 0.05) is 23.8 Å². The van der Waals surface area contributed by atoms with E-state index in [0.717, 1.165) is 62.1 Å². The van der Waals surface area contributed by atoms with Gasteiger partial charge in [0.2, 0.25) is 0 Å². The summed E-state index contributed by atoms with van der Waals surface area (Å²) >= 11 is 0. The van der Waals surface area contributed by atoms with E-state index in [4.69, 9.17) is 9.47 Å². The maximum Gasteiger partial charge on any atom is 0.319 e. The van der Waals surface area contributed by atoms with Crippen LogP contribution >= 0.6 is 0 Å². The number of rotatable bonds is 8. The first kappa shape index (κ1) is 26.0. The van der Waals surface area contributed by atoms with E-state index >= 15 is 0 Å². The first-order valence-corrected chi connectivity index (χ1v) is 13.0. The first-order chi connectivity index (χ1) is 18.4. The summed E-state index contributed by atoms with van der Waals surface area (Å²) in [5.41, 5.74) is 2.61. The molecule has 3 aromatic rings. The van der Waals surface area contributed by atoms with E-state index in [1.807, 2.05) is 36.4 Å². The SMILES string of the molecule is COc1ccc(C[C@@]23CCN[C@H]2C[C@H](NC(=O)Nc2ccc(F)c(F)c2)CC3)cc1OCc1ccccc1. The van der Waals surface area contributed by atoms with Crippen LogP contribution in [0, 0.1) is 17.0 Å². The molecule has 38 heavy (non-hydrogen) atoms. The van der Waals surface area contributed by atoms with E-state index in [1.54, 1.807) is 7.11 Å². The second-order valence-corrected chi connectivity index (χ2v) is 10.3. The van der Waals surface area contributed by atoms with Gasteiger partial charge in [0.05, 0.1) is 7.11 Å². The number of halogens is 2. The van der Waals surface area contributed by atoms with Crippen LogP contribution in [-0.2, 0) is 13.0 Å². The van der Waals surface area contributed by atoms with E-state index in [2.05, 4.69) is 28.1 Å². The number of nitrogens with one attached hydrogen (secondary N) is 3. The Morgan fingerprint density at radius 2 is 1.84 bits per heavy atom. The number of amides is 2.